The Hall–Kier alpha value is -2.06. The number of allylic oxidation sites excluding steroid dienone is 5. The first-order valence-electron chi connectivity index (χ1n) is 6.87. The molecule has 0 radical (unpaired) electrons. The second-order valence-corrected chi connectivity index (χ2v) is 5.86. The molecule has 2 aromatic carbocycles. The average Bonchev–Trinajstić information content (AvgIpc) is 2.80. The molecular formula is C19H16BrN. The lowest BCUT2D eigenvalue weighted by molar-refractivity contribution is 1.20. The summed E-state index contributed by atoms with van der Waals surface area (Å²) in [5.41, 5.74) is 3.62. The van der Waals surface area contributed by atoms with Crippen molar-refractivity contribution in [2.24, 2.45) is 0 Å². The highest BCUT2D eigenvalue weighted by Crippen LogP contribution is 2.33. The molecule has 0 atom stereocenters. The average molecular weight is 338 g/mol. The van der Waals surface area contributed by atoms with Crippen LogP contribution in [0, 0.1) is 0 Å². The number of hydrogen-bond donors (Lipinski definition) is 0. The summed E-state index contributed by atoms with van der Waals surface area (Å²) in [6.45, 7) is 5.83. The minimum absolute atomic E-state index is 1.09. The van der Waals surface area contributed by atoms with Gasteiger partial charge in [-0.15, -0.1) is 0 Å². The van der Waals surface area contributed by atoms with Crippen molar-refractivity contribution in [2.75, 3.05) is 0 Å². The second kappa shape index (κ2) is 5.74. The van der Waals surface area contributed by atoms with E-state index >= 15 is 0 Å². The van der Waals surface area contributed by atoms with Crippen LogP contribution in [0.5, 0.6) is 0 Å². The van der Waals surface area contributed by atoms with Crippen LogP contribution in [-0.2, 0) is 0 Å². The van der Waals surface area contributed by atoms with Crippen molar-refractivity contribution in [3.63, 3.8) is 0 Å². The van der Waals surface area contributed by atoms with Crippen LogP contribution in [0.3, 0.4) is 0 Å². The molecule has 0 amide bonds. The molecule has 0 bridgehead atoms. The van der Waals surface area contributed by atoms with Gasteiger partial charge in [-0.3, -0.25) is 0 Å². The maximum atomic E-state index is 3.70. The van der Waals surface area contributed by atoms with E-state index in [1.165, 1.54) is 27.5 Å². The molecule has 1 aromatic heterocycles. The first-order chi connectivity index (χ1) is 10.2. The molecule has 21 heavy (non-hydrogen) atoms. The number of halogens is 1. The third kappa shape index (κ3) is 2.47. The van der Waals surface area contributed by atoms with Crippen LogP contribution in [-0.4, -0.2) is 4.57 Å². The van der Waals surface area contributed by atoms with Gasteiger partial charge < -0.3 is 4.57 Å². The number of para-hydroxylation sites is 1. The summed E-state index contributed by atoms with van der Waals surface area (Å²) in [4.78, 5) is 0. The van der Waals surface area contributed by atoms with Gasteiger partial charge in [0.25, 0.3) is 0 Å². The number of fused-ring (bicyclic) bond motifs is 3. The molecule has 3 rings (SSSR count). The summed E-state index contributed by atoms with van der Waals surface area (Å²) in [6, 6.07) is 14.9. The maximum absolute atomic E-state index is 3.70. The van der Waals surface area contributed by atoms with Crippen molar-refractivity contribution in [3.8, 4) is 0 Å². The molecule has 3 aromatic rings. The zero-order valence-electron chi connectivity index (χ0n) is 11.9. The topological polar surface area (TPSA) is 4.93 Å². The molecule has 0 unspecified atom stereocenters. The molecule has 1 nitrogen and oxygen atoms in total. The van der Waals surface area contributed by atoms with E-state index in [0.29, 0.717) is 0 Å². The lowest BCUT2D eigenvalue weighted by atomic mass is 10.2. The van der Waals surface area contributed by atoms with Crippen molar-refractivity contribution < 1.29 is 0 Å². The van der Waals surface area contributed by atoms with E-state index in [4.69, 9.17) is 0 Å². The summed E-state index contributed by atoms with van der Waals surface area (Å²) in [5.74, 6) is 0. The predicted molar refractivity (Wildman–Crippen MR) is 96.4 cm³/mol. The molecule has 104 valence electrons. The largest absolute Gasteiger partial charge is 0.313 e. The van der Waals surface area contributed by atoms with Crippen molar-refractivity contribution in [3.05, 3.63) is 77.8 Å². The Balaban J connectivity index is 2.37. The molecule has 0 aliphatic rings. The minimum atomic E-state index is 1.09. The number of benzene rings is 2. The van der Waals surface area contributed by atoms with Gasteiger partial charge in [0.1, 0.15) is 0 Å². The Labute approximate surface area is 133 Å². The summed E-state index contributed by atoms with van der Waals surface area (Å²) in [7, 11) is 0. The molecule has 0 saturated carbocycles. The SMILES string of the molecule is C=C/C=C\C=C(/C)n1c2ccccc2c2ccc(Br)cc21. The van der Waals surface area contributed by atoms with Gasteiger partial charge >= 0.3 is 0 Å². The first kappa shape index (κ1) is 13.9. The Morgan fingerprint density at radius 1 is 1.05 bits per heavy atom. The van der Waals surface area contributed by atoms with Gasteiger partial charge in [-0.2, -0.15) is 0 Å². The highest BCUT2D eigenvalue weighted by atomic mass is 79.9. The third-order valence-corrected chi connectivity index (χ3v) is 4.07. The van der Waals surface area contributed by atoms with Crippen molar-refractivity contribution in [1.29, 1.82) is 0 Å². The van der Waals surface area contributed by atoms with Crippen LogP contribution in [0.1, 0.15) is 6.92 Å². The normalized spacial score (nSPS) is 12.6. The van der Waals surface area contributed by atoms with Gasteiger partial charge in [0.15, 0.2) is 0 Å². The molecule has 1 heterocycles. The van der Waals surface area contributed by atoms with Crippen molar-refractivity contribution in [1.82, 2.24) is 4.57 Å². The molecule has 0 aliphatic carbocycles. The highest BCUT2D eigenvalue weighted by molar-refractivity contribution is 9.10. The monoisotopic (exact) mass is 337 g/mol. The van der Waals surface area contributed by atoms with Crippen LogP contribution >= 0.6 is 15.9 Å². The van der Waals surface area contributed by atoms with Crippen LogP contribution < -0.4 is 0 Å². The third-order valence-electron chi connectivity index (χ3n) is 3.57. The van der Waals surface area contributed by atoms with Crippen molar-refractivity contribution in [2.45, 2.75) is 6.92 Å². The summed E-state index contributed by atoms with van der Waals surface area (Å²) < 4.78 is 3.39. The Morgan fingerprint density at radius 2 is 1.81 bits per heavy atom. The molecule has 0 saturated heterocycles. The fourth-order valence-corrected chi connectivity index (χ4v) is 3.02. The number of nitrogens with zero attached hydrogens (tertiary/aromatic N) is 1. The molecule has 0 aliphatic heterocycles. The van der Waals surface area contributed by atoms with E-state index in [0.717, 1.165) is 4.47 Å². The van der Waals surface area contributed by atoms with Gasteiger partial charge in [0.05, 0.1) is 11.0 Å². The van der Waals surface area contributed by atoms with Gasteiger partial charge in [-0.25, -0.2) is 0 Å². The number of rotatable bonds is 3. The van der Waals surface area contributed by atoms with Gasteiger partial charge in [-0.05, 0) is 31.2 Å². The minimum Gasteiger partial charge on any atom is -0.313 e. The maximum Gasteiger partial charge on any atom is 0.0548 e. The lowest BCUT2D eigenvalue weighted by Crippen LogP contribution is -1.92. The molecule has 0 spiro atoms. The van der Waals surface area contributed by atoms with Gasteiger partial charge in [0.2, 0.25) is 0 Å². The Kier molecular flexibility index (Phi) is 3.80. The van der Waals surface area contributed by atoms with Crippen LogP contribution in [0.2, 0.25) is 0 Å². The van der Waals surface area contributed by atoms with E-state index in [1.54, 1.807) is 6.08 Å². The molecule has 0 fully saturated rings. The van der Waals surface area contributed by atoms with E-state index in [1.807, 2.05) is 12.2 Å². The molecule has 2 heteroatoms. The van der Waals surface area contributed by atoms with E-state index in [-0.39, 0.29) is 0 Å². The number of aromatic nitrogens is 1. The fourth-order valence-electron chi connectivity index (χ4n) is 2.67. The smallest absolute Gasteiger partial charge is 0.0548 e. The van der Waals surface area contributed by atoms with Crippen LogP contribution in [0.25, 0.3) is 27.5 Å². The molecule has 0 N–H and O–H groups in total. The van der Waals surface area contributed by atoms with E-state index < -0.39 is 0 Å². The summed E-state index contributed by atoms with van der Waals surface area (Å²) in [6.07, 6.45) is 7.84. The highest BCUT2D eigenvalue weighted by Gasteiger charge is 2.11. The predicted octanol–water partition coefficient (Wildman–Crippen LogP) is 6.16. The van der Waals surface area contributed by atoms with Gasteiger partial charge in [-0.1, -0.05) is 65.0 Å². The van der Waals surface area contributed by atoms with E-state index in [2.05, 4.69) is 82.5 Å². The van der Waals surface area contributed by atoms with Crippen LogP contribution in [0.4, 0.5) is 0 Å². The van der Waals surface area contributed by atoms with E-state index in [9.17, 15) is 0 Å². The number of hydrogen-bond acceptors (Lipinski definition) is 0. The Bertz CT molecular complexity index is 881. The quantitative estimate of drug-likeness (QED) is 0.504. The lowest BCUT2D eigenvalue weighted by Gasteiger charge is -2.07. The zero-order valence-corrected chi connectivity index (χ0v) is 13.5. The first-order valence-corrected chi connectivity index (χ1v) is 7.67. The zero-order chi connectivity index (χ0) is 14.8. The van der Waals surface area contributed by atoms with Crippen LogP contribution in [0.15, 0.2) is 77.8 Å². The van der Waals surface area contributed by atoms with Crippen molar-refractivity contribution >= 4 is 43.4 Å². The molecular weight excluding hydrogens is 322 g/mol. The van der Waals surface area contributed by atoms with Gasteiger partial charge in [0, 0.05) is 20.9 Å². The standard InChI is InChI=1S/C19H16BrN/c1-3-4-5-8-14(2)21-18-10-7-6-9-16(18)17-12-11-15(20)13-19(17)21/h3-13H,1H2,2H3/b5-4-,14-8+. The Morgan fingerprint density at radius 3 is 2.62 bits per heavy atom. The second-order valence-electron chi connectivity index (χ2n) is 4.94. The fraction of sp³-hybridized carbons (Fsp3) is 0.0526. The summed E-state index contributed by atoms with van der Waals surface area (Å²) >= 11 is 3.58. The summed E-state index contributed by atoms with van der Waals surface area (Å²) in [5, 5.41) is 2.55.